The van der Waals surface area contributed by atoms with Crippen molar-refractivity contribution in [2.75, 3.05) is 13.1 Å². The maximum absolute atomic E-state index is 12.6. The largest absolute Gasteiger partial charge is 0.335 e. The number of amides is 1. The number of thiol groups is 1. The van der Waals surface area contributed by atoms with Crippen LogP contribution in [0.25, 0.3) is 0 Å². The van der Waals surface area contributed by atoms with Gasteiger partial charge in [-0.2, -0.15) is 0 Å². The van der Waals surface area contributed by atoms with E-state index in [1.807, 2.05) is 30.0 Å². The molecule has 0 unspecified atom stereocenters. The van der Waals surface area contributed by atoms with Crippen molar-refractivity contribution >= 4 is 18.5 Å². The summed E-state index contributed by atoms with van der Waals surface area (Å²) in [4.78, 5) is 15.3. The van der Waals surface area contributed by atoms with E-state index in [0.29, 0.717) is 6.54 Å². The highest BCUT2D eigenvalue weighted by atomic mass is 32.1. The Bertz CT molecular complexity index is 555. The van der Waals surface area contributed by atoms with E-state index >= 15 is 0 Å². The lowest BCUT2D eigenvalue weighted by Crippen LogP contribution is -2.36. The van der Waals surface area contributed by atoms with Gasteiger partial charge in [0.1, 0.15) is 0 Å². The predicted octanol–water partition coefficient (Wildman–Crippen LogP) is 4.10. The third-order valence-electron chi connectivity index (χ3n) is 3.91. The second-order valence-electron chi connectivity index (χ2n) is 6.48. The number of nitrogens with zero attached hydrogens (tertiary/aromatic N) is 1. The summed E-state index contributed by atoms with van der Waals surface area (Å²) in [6, 6.07) is 5.74. The molecule has 0 aliphatic carbocycles. The van der Waals surface area contributed by atoms with Crippen LogP contribution in [0.4, 0.5) is 0 Å². The SMILES string of the molecule is Cc1ccc(S)cc1C(=O)N1CC=C(C(C)(C)C)CC1. The summed E-state index contributed by atoms with van der Waals surface area (Å²) in [6.07, 6.45) is 3.18. The molecule has 0 radical (unpaired) electrons. The average Bonchev–Trinajstić information content (AvgIpc) is 2.40. The van der Waals surface area contributed by atoms with Gasteiger partial charge in [0.05, 0.1) is 0 Å². The molecule has 1 amide bonds. The Balaban J connectivity index is 2.17. The van der Waals surface area contributed by atoms with Crippen LogP contribution in [-0.2, 0) is 0 Å². The maximum Gasteiger partial charge on any atom is 0.254 e. The summed E-state index contributed by atoms with van der Waals surface area (Å²) in [5, 5.41) is 0. The lowest BCUT2D eigenvalue weighted by molar-refractivity contribution is 0.0764. The van der Waals surface area contributed by atoms with Gasteiger partial charge in [0.25, 0.3) is 5.91 Å². The fraction of sp³-hybridized carbons (Fsp3) is 0.471. The van der Waals surface area contributed by atoms with Crippen LogP contribution in [-0.4, -0.2) is 23.9 Å². The second kappa shape index (κ2) is 5.65. The first-order valence-electron chi connectivity index (χ1n) is 7.07. The van der Waals surface area contributed by atoms with Crippen LogP contribution in [0.1, 0.15) is 43.1 Å². The van der Waals surface area contributed by atoms with Gasteiger partial charge < -0.3 is 4.90 Å². The highest BCUT2D eigenvalue weighted by Crippen LogP contribution is 2.30. The Hall–Kier alpha value is -1.22. The monoisotopic (exact) mass is 289 g/mol. The summed E-state index contributed by atoms with van der Waals surface area (Å²) < 4.78 is 0. The predicted molar refractivity (Wildman–Crippen MR) is 86.5 cm³/mol. The van der Waals surface area contributed by atoms with Crippen molar-refractivity contribution in [1.29, 1.82) is 0 Å². The van der Waals surface area contributed by atoms with E-state index in [0.717, 1.165) is 29.0 Å². The number of aryl methyl sites for hydroxylation is 1. The van der Waals surface area contributed by atoms with Gasteiger partial charge in [-0.15, -0.1) is 12.6 Å². The smallest absolute Gasteiger partial charge is 0.254 e. The van der Waals surface area contributed by atoms with Crippen molar-refractivity contribution in [1.82, 2.24) is 4.90 Å². The topological polar surface area (TPSA) is 20.3 Å². The Kier molecular flexibility index (Phi) is 4.28. The van der Waals surface area contributed by atoms with Crippen LogP contribution in [0.2, 0.25) is 0 Å². The minimum atomic E-state index is 0.114. The van der Waals surface area contributed by atoms with Gasteiger partial charge in [0.15, 0.2) is 0 Å². The van der Waals surface area contributed by atoms with Gasteiger partial charge in [0.2, 0.25) is 0 Å². The molecule has 0 aromatic heterocycles. The summed E-state index contributed by atoms with van der Waals surface area (Å²) in [5.74, 6) is 0.114. The zero-order valence-electron chi connectivity index (χ0n) is 12.7. The Morgan fingerprint density at radius 3 is 2.55 bits per heavy atom. The molecule has 2 nitrogen and oxygen atoms in total. The highest BCUT2D eigenvalue weighted by molar-refractivity contribution is 7.80. The molecule has 108 valence electrons. The van der Waals surface area contributed by atoms with Gasteiger partial charge in [-0.25, -0.2) is 0 Å². The van der Waals surface area contributed by atoms with E-state index in [4.69, 9.17) is 0 Å². The quantitative estimate of drug-likeness (QED) is 0.609. The van der Waals surface area contributed by atoms with Gasteiger partial charge in [0, 0.05) is 23.5 Å². The lowest BCUT2D eigenvalue weighted by atomic mass is 9.83. The molecule has 0 bridgehead atoms. The first-order valence-corrected chi connectivity index (χ1v) is 7.52. The van der Waals surface area contributed by atoms with Crippen LogP contribution in [0.15, 0.2) is 34.7 Å². The first-order chi connectivity index (χ1) is 9.29. The molecule has 0 saturated heterocycles. The normalized spacial score (nSPS) is 16.1. The van der Waals surface area contributed by atoms with E-state index in [-0.39, 0.29) is 11.3 Å². The summed E-state index contributed by atoms with van der Waals surface area (Å²) in [7, 11) is 0. The van der Waals surface area contributed by atoms with Crippen molar-refractivity contribution in [2.24, 2.45) is 5.41 Å². The molecule has 2 rings (SSSR count). The third-order valence-corrected chi connectivity index (χ3v) is 4.19. The standard InChI is InChI=1S/C17H23NOS/c1-12-5-6-14(20)11-15(12)16(19)18-9-7-13(8-10-18)17(2,3)4/h5-7,11,20H,8-10H2,1-4H3. The fourth-order valence-corrected chi connectivity index (χ4v) is 2.75. The van der Waals surface area contributed by atoms with Crippen molar-refractivity contribution in [3.05, 3.63) is 41.0 Å². The van der Waals surface area contributed by atoms with Gasteiger partial charge in [-0.1, -0.05) is 38.5 Å². The summed E-state index contributed by atoms with van der Waals surface area (Å²) >= 11 is 4.33. The number of hydrogen-bond acceptors (Lipinski definition) is 2. The third kappa shape index (κ3) is 3.26. The molecule has 1 heterocycles. The fourth-order valence-electron chi connectivity index (χ4n) is 2.55. The molecule has 0 N–H and O–H groups in total. The van der Waals surface area contributed by atoms with Crippen LogP contribution in [0.3, 0.4) is 0 Å². The number of carbonyl (C=O) groups excluding carboxylic acids is 1. The van der Waals surface area contributed by atoms with E-state index in [1.54, 1.807) is 0 Å². The molecule has 20 heavy (non-hydrogen) atoms. The molecule has 1 aromatic carbocycles. The van der Waals surface area contributed by atoms with E-state index in [1.165, 1.54) is 5.57 Å². The van der Waals surface area contributed by atoms with Crippen molar-refractivity contribution in [2.45, 2.75) is 39.0 Å². The molecular weight excluding hydrogens is 266 g/mol. The first kappa shape index (κ1) is 15.2. The van der Waals surface area contributed by atoms with Gasteiger partial charge in [-0.05, 0) is 36.5 Å². The van der Waals surface area contributed by atoms with Crippen molar-refractivity contribution < 1.29 is 4.79 Å². The highest BCUT2D eigenvalue weighted by Gasteiger charge is 2.24. The molecule has 0 fully saturated rings. The second-order valence-corrected chi connectivity index (χ2v) is 7.00. The number of carbonyl (C=O) groups is 1. The molecule has 1 aliphatic rings. The Labute approximate surface area is 127 Å². The minimum Gasteiger partial charge on any atom is -0.335 e. The molecular formula is C17H23NOS. The molecule has 1 aromatic rings. The zero-order chi connectivity index (χ0) is 14.9. The number of benzene rings is 1. The van der Waals surface area contributed by atoms with Crippen LogP contribution >= 0.6 is 12.6 Å². The van der Waals surface area contributed by atoms with Crippen molar-refractivity contribution in [3.8, 4) is 0 Å². The van der Waals surface area contributed by atoms with E-state index in [9.17, 15) is 4.79 Å². The Morgan fingerprint density at radius 2 is 2.00 bits per heavy atom. The van der Waals surface area contributed by atoms with E-state index in [2.05, 4.69) is 39.5 Å². The molecule has 3 heteroatoms. The van der Waals surface area contributed by atoms with Crippen LogP contribution in [0.5, 0.6) is 0 Å². The zero-order valence-corrected chi connectivity index (χ0v) is 13.6. The number of hydrogen-bond donors (Lipinski definition) is 1. The molecule has 1 aliphatic heterocycles. The Morgan fingerprint density at radius 1 is 1.30 bits per heavy atom. The van der Waals surface area contributed by atoms with Gasteiger partial charge >= 0.3 is 0 Å². The summed E-state index contributed by atoms with van der Waals surface area (Å²) in [6.45, 7) is 10.2. The average molecular weight is 289 g/mol. The van der Waals surface area contributed by atoms with Crippen LogP contribution < -0.4 is 0 Å². The molecule has 0 atom stereocenters. The maximum atomic E-state index is 12.6. The number of rotatable bonds is 1. The van der Waals surface area contributed by atoms with Crippen LogP contribution in [0, 0.1) is 12.3 Å². The minimum absolute atomic E-state index is 0.114. The van der Waals surface area contributed by atoms with Crippen molar-refractivity contribution in [3.63, 3.8) is 0 Å². The van der Waals surface area contributed by atoms with E-state index < -0.39 is 0 Å². The lowest BCUT2D eigenvalue weighted by Gasteiger charge is -2.32. The molecule has 0 spiro atoms. The van der Waals surface area contributed by atoms with Gasteiger partial charge in [-0.3, -0.25) is 4.79 Å². The molecule has 0 saturated carbocycles. The summed E-state index contributed by atoms with van der Waals surface area (Å²) in [5.41, 5.74) is 3.43.